The van der Waals surface area contributed by atoms with E-state index >= 15 is 0 Å². The van der Waals surface area contributed by atoms with Crippen LogP contribution >= 0.6 is 0 Å². The number of H-pyrrole nitrogens is 1. The molecule has 0 aromatic carbocycles. The number of aromatic carboxylic acids is 1. The molecule has 1 aliphatic rings. The van der Waals surface area contributed by atoms with E-state index in [2.05, 4.69) is 20.6 Å². The van der Waals surface area contributed by atoms with Crippen molar-refractivity contribution in [1.82, 2.24) is 20.6 Å². The van der Waals surface area contributed by atoms with Crippen LogP contribution in [0.2, 0.25) is 0 Å². The summed E-state index contributed by atoms with van der Waals surface area (Å²) in [4.78, 5) is 29.5. The van der Waals surface area contributed by atoms with Crippen molar-refractivity contribution in [2.24, 2.45) is 0 Å². The van der Waals surface area contributed by atoms with Crippen LogP contribution in [0.1, 0.15) is 35.6 Å². The van der Waals surface area contributed by atoms with Crippen molar-refractivity contribution in [3.63, 3.8) is 0 Å². The minimum atomic E-state index is -1.07. The Kier molecular flexibility index (Phi) is 4.23. The Hall–Kier alpha value is -2.09. The lowest BCUT2D eigenvalue weighted by Crippen LogP contribution is -2.54. The molecule has 0 unspecified atom stereocenters. The molecule has 0 radical (unpaired) electrons. The fourth-order valence-corrected chi connectivity index (χ4v) is 2.15. The highest BCUT2D eigenvalue weighted by Gasteiger charge is 2.42. The Bertz CT molecular complexity index is 495. The van der Waals surface area contributed by atoms with Crippen LogP contribution in [0.5, 0.6) is 0 Å². The molecule has 8 heteroatoms. The molecule has 20 heavy (non-hydrogen) atoms. The van der Waals surface area contributed by atoms with Crippen LogP contribution in [0.4, 0.5) is 4.79 Å². The van der Waals surface area contributed by atoms with E-state index < -0.39 is 11.5 Å². The van der Waals surface area contributed by atoms with Gasteiger partial charge in [-0.1, -0.05) is 0 Å². The van der Waals surface area contributed by atoms with Crippen LogP contribution in [0.3, 0.4) is 0 Å². The molecule has 2 amide bonds. The summed E-state index contributed by atoms with van der Waals surface area (Å²) in [6, 6.07) is -0.310. The zero-order valence-electron chi connectivity index (χ0n) is 11.2. The molecule has 1 aromatic rings. The molecule has 4 N–H and O–H groups in total. The molecule has 0 atom stereocenters. The van der Waals surface area contributed by atoms with E-state index in [4.69, 9.17) is 9.84 Å². The highest BCUT2D eigenvalue weighted by molar-refractivity contribution is 5.85. The third-order valence-corrected chi connectivity index (χ3v) is 3.41. The van der Waals surface area contributed by atoms with Crippen LogP contribution in [-0.2, 0) is 10.3 Å². The number of carboxylic acid groups (broad SMARTS) is 1. The van der Waals surface area contributed by atoms with Gasteiger partial charge < -0.3 is 25.5 Å². The van der Waals surface area contributed by atoms with Gasteiger partial charge in [-0.2, -0.15) is 0 Å². The first-order valence-corrected chi connectivity index (χ1v) is 6.41. The molecule has 1 aromatic heterocycles. The Morgan fingerprint density at radius 2 is 2.30 bits per heavy atom. The zero-order valence-corrected chi connectivity index (χ0v) is 11.2. The molecule has 0 aliphatic heterocycles. The SMILES string of the molecule is COCCNC(=O)NC1(c2ncc(C(=O)O)[nH]2)CCC1. The minimum absolute atomic E-state index is 0.0212. The normalized spacial score (nSPS) is 16.2. The minimum Gasteiger partial charge on any atom is -0.477 e. The third kappa shape index (κ3) is 2.90. The third-order valence-electron chi connectivity index (χ3n) is 3.41. The highest BCUT2D eigenvalue weighted by Crippen LogP contribution is 2.39. The van der Waals surface area contributed by atoms with E-state index in [1.807, 2.05) is 0 Å². The smallest absolute Gasteiger partial charge is 0.353 e. The van der Waals surface area contributed by atoms with Crippen LogP contribution in [0.15, 0.2) is 6.20 Å². The quantitative estimate of drug-likeness (QED) is 0.565. The van der Waals surface area contributed by atoms with Crippen molar-refractivity contribution in [2.45, 2.75) is 24.8 Å². The van der Waals surface area contributed by atoms with Crippen molar-refractivity contribution in [2.75, 3.05) is 20.3 Å². The molecule has 1 heterocycles. The Morgan fingerprint density at radius 1 is 1.55 bits per heavy atom. The largest absolute Gasteiger partial charge is 0.477 e. The molecular formula is C12H18N4O4. The molecule has 2 rings (SSSR count). The number of nitrogens with one attached hydrogen (secondary N) is 3. The van der Waals surface area contributed by atoms with Crippen molar-refractivity contribution in [3.8, 4) is 0 Å². The number of rotatable bonds is 6. The van der Waals surface area contributed by atoms with Gasteiger partial charge in [0.1, 0.15) is 11.5 Å². The molecule has 0 bridgehead atoms. The second kappa shape index (κ2) is 5.91. The van der Waals surface area contributed by atoms with E-state index in [1.165, 1.54) is 6.20 Å². The maximum absolute atomic E-state index is 11.8. The molecule has 110 valence electrons. The maximum atomic E-state index is 11.8. The lowest BCUT2D eigenvalue weighted by Gasteiger charge is -2.40. The number of imidazole rings is 1. The van der Waals surface area contributed by atoms with Gasteiger partial charge in [0.25, 0.3) is 0 Å². The predicted molar refractivity (Wildman–Crippen MR) is 69.5 cm³/mol. The predicted octanol–water partition coefficient (Wildman–Crippen LogP) is 0.433. The number of nitrogens with zero attached hydrogens (tertiary/aromatic N) is 1. The topological polar surface area (TPSA) is 116 Å². The average Bonchev–Trinajstić information content (AvgIpc) is 2.84. The van der Waals surface area contributed by atoms with Gasteiger partial charge in [0.15, 0.2) is 0 Å². The fraction of sp³-hybridized carbons (Fsp3) is 0.583. The molecule has 1 fully saturated rings. The van der Waals surface area contributed by atoms with Crippen molar-refractivity contribution < 1.29 is 19.4 Å². The number of carbonyl (C=O) groups excluding carboxylic acids is 1. The summed E-state index contributed by atoms with van der Waals surface area (Å²) in [6.45, 7) is 0.848. The Labute approximate surface area is 115 Å². The van der Waals surface area contributed by atoms with Gasteiger partial charge in [-0.15, -0.1) is 0 Å². The van der Waals surface area contributed by atoms with E-state index in [9.17, 15) is 9.59 Å². The van der Waals surface area contributed by atoms with Gasteiger partial charge in [0.05, 0.1) is 18.3 Å². The lowest BCUT2D eigenvalue weighted by atomic mass is 9.76. The summed E-state index contributed by atoms with van der Waals surface area (Å²) < 4.78 is 4.85. The average molecular weight is 282 g/mol. The standard InChI is InChI=1S/C12H18N4O4/c1-20-6-5-13-11(19)16-12(3-2-4-12)10-14-7-8(15-10)9(17)18/h7H,2-6H2,1H3,(H,14,15)(H,17,18)(H2,13,16,19). The number of aromatic amines is 1. The zero-order chi connectivity index (χ0) is 14.6. The number of methoxy groups -OCH3 is 1. The Balaban J connectivity index is 2.01. The van der Waals surface area contributed by atoms with Gasteiger partial charge in [0.2, 0.25) is 0 Å². The first-order chi connectivity index (χ1) is 9.57. The van der Waals surface area contributed by atoms with Crippen LogP contribution in [0, 0.1) is 0 Å². The number of amides is 2. The summed E-state index contributed by atoms with van der Waals surface area (Å²) in [5.74, 6) is -0.578. The van der Waals surface area contributed by atoms with E-state index in [-0.39, 0.29) is 11.7 Å². The van der Waals surface area contributed by atoms with Gasteiger partial charge >= 0.3 is 12.0 Å². The maximum Gasteiger partial charge on any atom is 0.353 e. The summed E-state index contributed by atoms with van der Waals surface area (Å²) in [6.07, 6.45) is 3.69. The lowest BCUT2D eigenvalue weighted by molar-refractivity contribution is 0.0690. The number of hydrogen-bond donors (Lipinski definition) is 4. The number of ether oxygens (including phenoxy) is 1. The molecule has 0 spiro atoms. The van der Waals surface area contributed by atoms with Crippen molar-refractivity contribution >= 4 is 12.0 Å². The summed E-state index contributed by atoms with van der Waals surface area (Å²) in [7, 11) is 1.56. The van der Waals surface area contributed by atoms with Crippen molar-refractivity contribution in [3.05, 3.63) is 17.7 Å². The number of urea groups is 1. The van der Waals surface area contributed by atoms with Crippen molar-refractivity contribution in [1.29, 1.82) is 0 Å². The Morgan fingerprint density at radius 3 is 2.80 bits per heavy atom. The molecule has 8 nitrogen and oxygen atoms in total. The fourth-order valence-electron chi connectivity index (χ4n) is 2.15. The van der Waals surface area contributed by atoms with E-state index in [0.717, 1.165) is 19.3 Å². The number of carbonyl (C=O) groups is 2. The molecular weight excluding hydrogens is 264 g/mol. The van der Waals surface area contributed by atoms with Gasteiger partial charge in [-0.05, 0) is 19.3 Å². The van der Waals surface area contributed by atoms with Crippen LogP contribution in [-0.4, -0.2) is 47.3 Å². The van der Waals surface area contributed by atoms with Crippen LogP contribution < -0.4 is 10.6 Å². The van der Waals surface area contributed by atoms with E-state index in [1.54, 1.807) is 7.11 Å². The van der Waals surface area contributed by atoms with Gasteiger partial charge in [-0.25, -0.2) is 14.6 Å². The number of carboxylic acids is 1. The first kappa shape index (κ1) is 14.3. The number of hydrogen-bond acceptors (Lipinski definition) is 4. The second-order valence-corrected chi connectivity index (χ2v) is 4.76. The molecule has 0 saturated heterocycles. The van der Waals surface area contributed by atoms with Gasteiger partial charge in [0, 0.05) is 13.7 Å². The monoisotopic (exact) mass is 282 g/mol. The molecule has 1 aliphatic carbocycles. The molecule has 1 saturated carbocycles. The summed E-state index contributed by atoms with van der Waals surface area (Å²) >= 11 is 0. The number of aromatic nitrogens is 2. The van der Waals surface area contributed by atoms with E-state index in [0.29, 0.717) is 19.0 Å². The summed E-state index contributed by atoms with van der Waals surface area (Å²) in [5.41, 5.74) is -0.571. The first-order valence-electron chi connectivity index (χ1n) is 6.41. The van der Waals surface area contributed by atoms with Crippen LogP contribution in [0.25, 0.3) is 0 Å². The second-order valence-electron chi connectivity index (χ2n) is 4.76. The highest BCUT2D eigenvalue weighted by atomic mass is 16.5. The summed E-state index contributed by atoms with van der Waals surface area (Å²) in [5, 5.41) is 14.4. The van der Waals surface area contributed by atoms with Gasteiger partial charge in [-0.3, -0.25) is 0 Å².